The van der Waals surface area contributed by atoms with Crippen molar-refractivity contribution in [3.05, 3.63) is 0 Å². The standard InChI is InChI=1S/C14H29NO2S/c1-2-3-4-5-8-12-18(16,17)13-10-14-9-6-7-11-15-14/h14-15H,2-13H2,1H3. The minimum atomic E-state index is -2.81. The highest BCUT2D eigenvalue weighted by Gasteiger charge is 2.17. The number of rotatable bonds is 9. The van der Waals surface area contributed by atoms with Gasteiger partial charge in [0, 0.05) is 6.04 Å². The van der Waals surface area contributed by atoms with E-state index in [1.54, 1.807) is 0 Å². The predicted octanol–water partition coefficient (Wildman–Crippen LogP) is 2.90. The van der Waals surface area contributed by atoms with E-state index in [-0.39, 0.29) is 0 Å². The molecule has 0 aromatic carbocycles. The van der Waals surface area contributed by atoms with E-state index in [1.165, 1.54) is 32.1 Å². The van der Waals surface area contributed by atoms with E-state index in [4.69, 9.17) is 0 Å². The van der Waals surface area contributed by atoms with Crippen LogP contribution in [0.15, 0.2) is 0 Å². The molecule has 3 nitrogen and oxygen atoms in total. The average molecular weight is 275 g/mol. The summed E-state index contributed by atoms with van der Waals surface area (Å²) >= 11 is 0. The van der Waals surface area contributed by atoms with Crippen LogP contribution in [-0.2, 0) is 9.84 Å². The second-order valence-electron chi connectivity index (χ2n) is 5.50. The summed E-state index contributed by atoms with van der Waals surface area (Å²) in [7, 11) is -2.81. The Balaban J connectivity index is 2.10. The molecular formula is C14H29NO2S. The molecule has 0 spiro atoms. The Labute approximate surface area is 113 Å². The molecule has 0 saturated carbocycles. The summed E-state index contributed by atoms with van der Waals surface area (Å²) in [5.41, 5.74) is 0. The first-order chi connectivity index (χ1) is 8.64. The van der Waals surface area contributed by atoms with Crippen molar-refractivity contribution in [2.45, 2.75) is 70.8 Å². The van der Waals surface area contributed by atoms with Crippen LogP contribution in [0.4, 0.5) is 0 Å². The number of nitrogens with one attached hydrogen (secondary N) is 1. The third-order valence-electron chi connectivity index (χ3n) is 3.75. The van der Waals surface area contributed by atoms with E-state index >= 15 is 0 Å². The van der Waals surface area contributed by atoms with Gasteiger partial charge < -0.3 is 5.32 Å². The fraction of sp³-hybridized carbons (Fsp3) is 1.00. The van der Waals surface area contributed by atoms with Gasteiger partial charge in [-0.05, 0) is 32.2 Å². The minimum absolute atomic E-state index is 0.373. The number of hydrogen-bond acceptors (Lipinski definition) is 3. The number of hydrogen-bond donors (Lipinski definition) is 1. The van der Waals surface area contributed by atoms with Crippen LogP contribution in [0.5, 0.6) is 0 Å². The molecule has 1 aliphatic heterocycles. The smallest absolute Gasteiger partial charge is 0.150 e. The molecule has 1 saturated heterocycles. The van der Waals surface area contributed by atoms with E-state index in [1.807, 2.05) is 0 Å². The zero-order chi connectivity index (χ0) is 13.3. The van der Waals surface area contributed by atoms with Gasteiger partial charge in [0.15, 0.2) is 0 Å². The van der Waals surface area contributed by atoms with Crippen molar-refractivity contribution in [2.75, 3.05) is 18.1 Å². The largest absolute Gasteiger partial charge is 0.314 e. The summed E-state index contributed by atoms with van der Waals surface area (Å²) < 4.78 is 23.8. The summed E-state index contributed by atoms with van der Waals surface area (Å²) in [6.45, 7) is 3.23. The summed E-state index contributed by atoms with van der Waals surface area (Å²) in [5, 5.41) is 3.41. The molecule has 0 radical (unpaired) electrons. The third kappa shape index (κ3) is 7.37. The Kier molecular flexibility index (Phi) is 7.91. The molecule has 1 rings (SSSR count). The first-order valence-corrected chi connectivity index (χ1v) is 9.40. The van der Waals surface area contributed by atoms with Crippen molar-refractivity contribution in [3.8, 4) is 0 Å². The molecule has 108 valence electrons. The lowest BCUT2D eigenvalue weighted by Crippen LogP contribution is -2.35. The van der Waals surface area contributed by atoms with Gasteiger partial charge in [0.05, 0.1) is 11.5 Å². The number of sulfone groups is 1. The lowest BCUT2D eigenvalue weighted by atomic mass is 10.0. The Morgan fingerprint density at radius 2 is 1.83 bits per heavy atom. The molecule has 1 fully saturated rings. The van der Waals surface area contributed by atoms with Crippen molar-refractivity contribution in [3.63, 3.8) is 0 Å². The lowest BCUT2D eigenvalue weighted by molar-refractivity contribution is 0.392. The topological polar surface area (TPSA) is 46.2 Å². The Morgan fingerprint density at radius 3 is 2.50 bits per heavy atom. The van der Waals surface area contributed by atoms with Crippen molar-refractivity contribution >= 4 is 9.84 Å². The highest BCUT2D eigenvalue weighted by atomic mass is 32.2. The van der Waals surface area contributed by atoms with Gasteiger partial charge >= 0.3 is 0 Å². The molecule has 0 amide bonds. The summed E-state index contributed by atoms with van der Waals surface area (Å²) in [5.74, 6) is 0.766. The zero-order valence-electron chi connectivity index (χ0n) is 11.8. The maximum absolute atomic E-state index is 11.9. The molecule has 0 aliphatic carbocycles. The summed E-state index contributed by atoms with van der Waals surface area (Å²) in [6.07, 6.45) is 9.95. The molecule has 1 heterocycles. The van der Waals surface area contributed by atoms with Crippen molar-refractivity contribution in [1.29, 1.82) is 0 Å². The molecule has 1 unspecified atom stereocenters. The van der Waals surface area contributed by atoms with Crippen LogP contribution in [0, 0.1) is 0 Å². The molecular weight excluding hydrogens is 246 g/mol. The van der Waals surface area contributed by atoms with Crippen LogP contribution in [-0.4, -0.2) is 32.5 Å². The van der Waals surface area contributed by atoms with Crippen molar-refractivity contribution in [2.24, 2.45) is 0 Å². The number of piperidine rings is 1. The average Bonchev–Trinajstić information content (AvgIpc) is 2.38. The van der Waals surface area contributed by atoms with Gasteiger partial charge in [-0.15, -0.1) is 0 Å². The Morgan fingerprint density at radius 1 is 1.06 bits per heavy atom. The van der Waals surface area contributed by atoms with Crippen molar-refractivity contribution < 1.29 is 8.42 Å². The highest BCUT2D eigenvalue weighted by molar-refractivity contribution is 7.91. The zero-order valence-corrected chi connectivity index (χ0v) is 12.6. The number of unbranched alkanes of at least 4 members (excludes halogenated alkanes) is 4. The van der Waals surface area contributed by atoms with Crippen LogP contribution in [0.1, 0.15) is 64.7 Å². The molecule has 18 heavy (non-hydrogen) atoms. The fourth-order valence-electron chi connectivity index (χ4n) is 2.52. The fourth-order valence-corrected chi connectivity index (χ4v) is 4.01. The monoisotopic (exact) mass is 275 g/mol. The quantitative estimate of drug-likeness (QED) is 0.658. The van der Waals surface area contributed by atoms with Gasteiger partial charge in [-0.3, -0.25) is 0 Å². The second kappa shape index (κ2) is 8.92. The SMILES string of the molecule is CCCCCCCS(=O)(=O)CCC1CCCCN1. The predicted molar refractivity (Wildman–Crippen MR) is 77.7 cm³/mol. The van der Waals surface area contributed by atoms with Gasteiger partial charge in [-0.2, -0.15) is 0 Å². The molecule has 1 N–H and O–H groups in total. The van der Waals surface area contributed by atoms with Crippen molar-refractivity contribution in [1.82, 2.24) is 5.32 Å². The van der Waals surface area contributed by atoms with E-state index in [9.17, 15) is 8.42 Å². The van der Waals surface area contributed by atoms with Crippen LogP contribution < -0.4 is 5.32 Å². The van der Waals surface area contributed by atoms with E-state index in [0.717, 1.165) is 32.2 Å². The Bertz CT molecular complexity index is 295. The maximum atomic E-state index is 11.9. The van der Waals surface area contributed by atoms with Crippen LogP contribution in [0.2, 0.25) is 0 Å². The lowest BCUT2D eigenvalue weighted by Gasteiger charge is -2.23. The molecule has 1 atom stereocenters. The first kappa shape index (κ1) is 16.0. The third-order valence-corrected chi connectivity index (χ3v) is 5.52. The van der Waals surface area contributed by atoms with Crippen LogP contribution in [0.3, 0.4) is 0 Å². The van der Waals surface area contributed by atoms with Gasteiger partial charge in [0.2, 0.25) is 0 Å². The molecule has 0 aromatic heterocycles. The maximum Gasteiger partial charge on any atom is 0.150 e. The van der Waals surface area contributed by atoms with Gasteiger partial charge in [-0.25, -0.2) is 8.42 Å². The molecule has 0 bridgehead atoms. The van der Waals surface area contributed by atoms with Gasteiger partial charge in [0.25, 0.3) is 0 Å². The molecule has 0 aromatic rings. The van der Waals surface area contributed by atoms with Crippen LogP contribution in [0.25, 0.3) is 0 Å². The van der Waals surface area contributed by atoms with Crippen LogP contribution >= 0.6 is 0 Å². The summed E-state index contributed by atoms with van der Waals surface area (Å²) in [4.78, 5) is 0. The Hall–Kier alpha value is -0.0900. The first-order valence-electron chi connectivity index (χ1n) is 7.58. The molecule has 4 heteroatoms. The molecule has 1 aliphatic rings. The summed E-state index contributed by atoms with van der Waals surface area (Å²) in [6, 6.07) is 0.439. The minimum Gasteiger partial charge on any atom is -0.314 e. The van der Waals surface area contributed by atoms with Gasteiger partial charge in [-0.1, -0.05) is 39.0 Å². The highest BCUT2D eigenvalue weighted by Crippen LogP contribution is 2.12. The second-order valence-corrected chi connectivity index (χ2v) is 7.81. The van der Waals surface area contributed by atoms with E-state index in [0.29, 0.717) is 17.5 Å². The van der Waals surface area contributed by atoms with Gasteiger partial charge in [0.1, 0.15) is 9.84 Å². The van der Waals surface area contributed by atoms with E-state index < -0.39 is 9.84 Å². The van der Waals surface area contributed by atoms with E-state index in [2.05, 4.69) is 12.2 Å². The normalized spacial score (nSPS) is 21.1.